The van der Waals surface area contributed by atoms with Crippen molar-refractivity contribution in [3.8, 4) is 0 Å². The Balaban J connectivity index is 2.17. The van der Waals surface area contributed by atoms with E-state index in [9.17, 15) is 4.79 Å². The van der Waals surface area contributed by atoms with Crippen molar-refractivity contribution in [2.24, 2.45) is 0 Å². The van der Waals surface area contributed by atoms with Gasteiger partial charge in [-0.2, -0.15) is 0 Å². The van der Waals surface area contributed by atoms with Crippen molar-refractivity contribution < 1.29 is 4.79 Å². The van der Waals surface area contributed by atoms with E-state index in [2.05, 4.69) is 15.5 Å². The molecule has 0 aliphatic carbocycles. The standard InChI is InChI=1S/C9H6Cl2N4OS/c10-5-2-1-4(3-6(5)11)7(16)13-9-15-14-8(12)17-9/h1-3H,(H2,12,14)(H,13,15,16). The third kappa shape index (κ3) is 2.85. The highest BCUT2D eigenvalue weighted by Gasteiger charge is 2.10. The lowest BCUT2D eigenvalue weighted by atomic mass is 10.2. The van der Waals surface area contributed by atoms with E-state index in [4.69, 9.17) is 28.9 Å². The number of anilines is 2. The zero-order valence-electron chi connectivity index (χ0n) is 8.28. The van der Waals surface area contributed by atoms with Gasteiger partial charge < -0.3 is 5.73 Å². The summed E-state index contributed by atoms with van der Waals surface area (Å²) < 4.78 is 0. The highest BCUT2D eigenvalue weighted by Crippen LogP contribution is 2.23. The second-order valence-electron chi connectivity index (χ2n) is 3.03. The monoisotopic (exact) mass is 288 g/mol. The summed E-state index contributed by atoms with van der Waals surface area (Å²) in [6, 6.07) is 4.59. The van der Waals surface area contributed by atoms with Crippen LogP contribution in [0.2, 0.25) is 10.0 Å². The van der Waals surface area contributed by atoms with E-state index in [0.29, 0.717) is 20.7 Å². The van der Waals surface area contributed by atoms with Gasteiger partial charge in [0, 0.05) is 5.56 Å². The highest BCUT2D eigenvalue weighted by molar-refractivity contribution is 7.19. The number of nitrogens with zero attached hydrogens (tertiary/aromatic N) is 2. The van der Waals surface area contributed by atoms with Gasteiger partial charge in [-0.15, -0.1) is 10.2 Å². The molecule has 17 heavy (non-hydrogen) atoms. The van der Waals surface area contributed by atoms with E-state index < -0.39 is 0 Å². The van der Waals surface area contributed by atoms with E-state index in [1.54, 1.807) is 12.1 Å². The van der Waals surface area contributed by atoms with Gasteiger partial charge in [0.2, 0.25) is 10.3 Å². The highest BCUT2D eigenvalue weighted by atomic mass is 35.5. The first-order valence-corrected chi connectivity index (χ1v) is 5.99. The molecule has 1 aromatic heterocycles. The van der Waals surface area contributed by atoms with Gasteiger partial charge >= 0.3 is 0 Å². The first-order chi connectivity index (χ1) is 8.06. The fraction of sp³-hybridized carbons (Fsp3) is 0. The number of hydrogen-bond acceptors (Lipinski definition) is 5. The van der Waals surface area contributed by atoms with Crippen LogP contribution in [0.4, 0.5) is 10.3 Å². The Labute approximate surface area is 111 Å². The maximum Gasteiger partial charge on any atom is 0.257 e. The quantitative estimate of drug-likeness (QED) is 0.890. The zero-order chi connectivity index (χ0) is 12.4. The topological polar surface area (TPSA) is 80.9 Å². The number of halogens is 2. The number of carbonyl (C=O) groups excluding carboxylic acids is 1. The second kappa shape index (κ2) is 4.87. The predicted molar refractivity (Wildman–Crippen MR) is 68.7 cm³/mol. The Morgan fingerprint density at radius 1 is 1.29 bits per heavy atom. The molecule has 0 fully saturated rings. The molecule has 8 heteroatoms. The van der Waals surface area contributed by atoms with Gasteiger partial charge in [0.05, 0.1) is 10.0 Å². The number of amides is 1. The summed E-state index contributed by atoms with van der Waals surface area (Å²) in [5.41, 5.74) is 5.77. The number of nitrogens with one attached hydrogen (secondary N) is 1. The van der Waals surface area contributed by atoms with Gasteiger partial charge in [0.15, 0.2) is 0 Å². The summed E-state index contributed by atoms with van der Waals surface area (Å²) in [7, 11) is 0. The van der Waals surface area contributed by atoms with Crippen LogP contribution in [0.25, 0.3) is 0 Å². The SMILES string of the molecule is Nc1nnc(NC(=O)c2ccc(Cl)c(Cl)c2)s1. The molecular weight excluding hydrogens is 283 g/mol. The molecule has 3 N–H and O–H groups in total. The average molecular weight is 289 g/mol. The summed E-state index contributed by atoms with van der Waals surface area (Å²) in [5, 5.41) is 11.1. The predicted octanol–water partition coefficient (Wildman–Crippen LogP) is 2.68. The number of hydrogen-bond donors (Lipinski definition) is 2. The zero-order valence-corrected chi connectivity index (χ0v) is 10.6. The first-order valence-electron chi connectivity index (χ1n) is 4.41. The van der Waals surface area contributed by atoms with Crippen molar-refractivity contribution in [1.82, 2.24) is 10.2 Å². The molecule has 1 amide bonds. The third-order valence-corrected chi connectivity index (χ3v) is 3.25. The van der Waals surface area contributed by atoms with Crippen LogP contribution < -0.4 is 11.1 Å². The summed E-state index contributed by atoms with van der Waals surface area (Å²) in [6.45, 7) is 0. The Hall–Kier alpha value is -1.37. The maximum absolute atomic E-state index is 11.8. The number of rotatable bonds is 2. The second-order valence-corrected chi connectivity index (χ2v) is 4.85. The lowest BCUT2D eigenvalue weighted by molar-refractivity contribution is 0.102. The van der Waals surface area contributed by atoms with Crippen LogP contribution in [0, 0.1) is 0 Å². The van der Waals surface area contributed by atoms with Gasteiger partial charge in [0.1, 0.15) is 0 Å². The minimum Gasteiger partial charge on any atom is -0.374 e. The third-order valence-electron chi connectivity index (χ3n) is 1.84. The van der Waals surface area contributed by atoms with Crippen LogP contribution in [-0.4, -0.2) is 16.1 Å². The lowest BCUT2D eigenvalue weighted by Crippen LogP contribution is -2.11. The van der Waals surface area contributed by atoms with E-state index in [1.807, 2.05) is 0 Å². The molecule has 88 valence electrons. The van der Waals surface area contributed by atoms with Crippen LogP contribution in [0.5, 0.6) is 0 Å². The minimum absolute atomic E-state index is 0.287. The normalized spacial score (nSPS) is 10.2. The van der Waals surface area contributed by atoms with E-state index in [1.165, 1.54) is 6.07 Å². The molecular formula is C9H6Cl2N4OS. The average Bonchev–Trinajstić information content (AvgIpc) is 2.68. The van der Waals surface area contributed by atoms with E-state index >= 15 is 0 Å². The number of benzene rings is 1. The summed E-state index contributed by atoms with van der Waals surface area (Å²) in [4.78, 5) is 11.8. The van der Waals surface area contributed by atoms with Crippen molar-refractivity contribution in [2.45, 2.75) is 0 Å². The fourth-order valence-electron chi connectivity index (χ4n) is 1.09. The molecule has 0 bridgehead atoms. The molecule has 0 aliphatic heterocycles. The Bertz CT molecular complexity index is 572. The van der Waals surface area contributed by atoms with E-state index in [-0.39, 0.29) is 11.0 Å². The van der Waals surface area contributed by atoms with Gasteiger partial charge in [-0.05, 0) is 18.2 Å². The van der Waals surface area contributed by atoms with Crippen LogP contribution in [-0.2, 0) is 0 Å². The Kier molecular flexibility index (Phi) is 3.46. The van der Waals surface area contributed by atoms with Crippen molar-refractivity contribution in [3.05, 3.63) is 33.8 Å². The molecule has 1 aromatic carbocycles. The minimum atomic E-state index is -0.347. The molecule has 1 heterocycles. The van der Waals surface area contributed by atoms with Crippen LogP contribution >= 0.6 is 34.5 Å². The van der Waals surface area contributed by atoms with Crippen molar-refractivity contribution in [2.75, 3.05) is 11.1 Å². The summed E-state index contributed by atoms with van der Waals surface area (Å²) >= 11 is 12.6. The van der Waals surface area contributed by atoms with Crippen molar-refractivity contribution in [1.29, 1.82) is 0 Å². The molecule has 2 rings (SSSR count). The smallest absolute Gasteiger partial charge is 0.257 e. The molecule has 0 atom stereocenters. The molecule has 2 aromatic rings. The van der Waals surface area contributed by atoms with Gasteiger partial charge in [-0.1, -0.05) is 34.5 Å². The fourth-order valence-corrected chi connectivity index (χ4v) is 1.89. The molecule has 5 nitrogen and oxygen atoms in total. The lowest BCUT2D eigenvalue weighted by Gasteiger charge is -2.02. The van der Waals surface area contributed by atoms with E-state index in [0.717, 1.165) is 11.3 Å². The number of nitrogens with two attached hydrogens (primary N) is 1. The Morgan fingerprint density at radius 3 is 2.65 bits per heavy atom. The molecule has 0 radical (unpaired) electrons. The summed E-state index contributed by atoms with van der Waals surface area (Å²) in [6.07, 6.45) is 0. The number of aromatic nitrogens is 2. The number of nitrogen functional groups attached to an aromatic ring is 1. The first kappa shape index (κ1) is 12.1. The molecule has 0 saturated heterocycles. The van der Waals surface area contributed by atoms with Crippen LogP contribution in [0.1, 0.15) is 10.4 Å². The maximum atomic E-state index is 11.8. The van der Waals surface area contributed by atoms with Gasteiger partial charge in [0.25, 0.3) is 5.91 Å². The number of carbonyl (C=O) groups is 1. The molecule has 0 aliphatic rings. The van der Waals surface area contributed by atoms with Crippen LogP contribution in [0.15, 0.2) is 18.2 Å². The van der Waals surface area contributed by atoms with Gasteiger partial charge in [-0.3, -0.25) is 10.1 Å². The van der Waals surface area contributed by atoms with Crippen molar-refractivity contribution in [3.63, 3.8) is 0 Å². The summed E-state index contributed by atoms with van der Waals surface area (Å²) in [5.74, 6) is -0.347. The Morgan fingerprint density at radius 2 is 2.06 bits per heavy atom. The van der Waals surface area contributed by atoms with Crippen LogP contribution in [0.3, 0.4) is 0 Å². The largest absolute Gasteiger partial charge is 0.374 e. The molecule has 0 saturated carbocycles. The van der Waals surface area contributed by atoms with Gasteiger partial charge in [-0.25, -0.2) is 0 Å². The molecule has 0 spiro atoms. The van der Waals surface area contributed by atoms with Crippen molar-refractivity contribution >= 4 is 50.7 Å². The molecule has 0 unspecified atom stereocenters.